The molecule has 0 bridgehead atoms. The Bertz CT molecular complexity index is 607. The maximum atomic E-state index is 12.4. The summed E-state index contributed by atoms with van der Waals surface area (Å²) in [5.74, 6) is -0.338. The lowest BCUT2D eigenvalue weighted by Crippen LogP contribution is -2.30. The van der Waals surface area contributed by atoms with Crippen LogP contribution in [0.3, 0.4) is 0 Å². The maximum absolute atomic E-state index is 12.4. The molecule has 0 fully saturated rings. The number of halogens is 1. The van der Waals surface area contributed by atoms with Crippen molar-refractivity contribution in [3.63, 3.8) is 0 Å². The molecule has 118 valence electrons. The van der Waals surface area contributed by atoms with Crippen LogP contribution < -0.4 is 5.32 Å². The molecule has 1 N–H and O–H groups in total. The Kier molecular flexibility index (Phi) is 6.95. The molecule has 1 rings (SSSR count). The summed E-state index contributed by atoms with van der Waals surface area (Å²) < 4.78 is 30.8. The van der Waals surface area contributed by atoms with Gasteiger partial charge in [0.15, 0.2) is 0 Å². The molecular weight excluding hydrogens is 336 g/mol. The van der Waals surface area contributed by atoms with Crippen molar-refractivity contribution >= 4 is 45.8 Å². The van der Waals surface area contributed by atoms with E-state index in [9.17, 15) is 13.2 Å². The molecule has 1 aromatic rings. The number of ether oxygens (including phenoxy) is 1. The second kappa shape index (κ2) is 8.00. The number of amides is 1. The van der Waals surface area contributed by atoms with Gasteiger partial charge in [-0.05, 0) is 18.2 Å². The van der Waals surface area contributed by atoms with E-state index in [1.54, 1.807) is 0 Å². The van der Waals surface area contributed by atoms with Gasteiger partial charge in [-0.1, -0.05) is 11.6 Å². The summed E-state index contributed by atoms with van der Waals surface area (Å²) in [4.78, 5) is 11.2. The fourth-order valence-electron chi connectivity index (χ4n) is 1.49. The minimum atomic E-state index is -3.76. The van der Waals surface area contributed by atoms with Crippen LogP contribution in [-0.4, -0.2) is 51.7 Å². The van der Waals surface area contributed by atoms with Gasteiger partial charge in [-0.15, -0.1) is 0 Å². The predicted octanol–water partition coefficient (Wildman–Crippen LogP) is 1.48. The number of sulfonamides is 1. The summed E-state index contributed by atoms with van der Waals surface area (Å²) in [6, 6.07) is 4.27. The second-order valence-electron chi connectivity index (χ2n) is 4.17. The molecule has 0 saturated heterocycles. The Morgan fingerprint density at radius 2 is 2.14 bits per heavy atom. The molecule has 0 heterocycles. The number of hydrogen-bond donors (Lipinski definition) is 2. The van der Waals surface area contributed by atoms with E-state index in [1.807, 2.05) is 0 Å². The van der Waals surface area contributed by atoms with Crippen LogP contribution in [0.25, 0.3) is 0 Å². The first-order chi connectivity index (χ1) is 9.82. The van der Waals surface area contributed by atoms with Crippen LogP contribution in [0.1, 0.15) is 0 Å². The number of carbonyl (C=O) groups is 1. The lowest BCUT2D eigenvalue weighted by atomic mass is 10.3. The van der Waals surface area contributed by atoms with Crippen LogP contribution in [0.15, 0.2) is 23.1 Å². The average molecular weight is 353 g/mol. The van der Waals surface area contributed by atoms with Gasteiger partial charge in [0.05, 0.1) is 17.4 Å². The normalized spacial score (nSPS) is 11.7. The number of benzene rings is 1. The van der Waals surface area contributed by atoms with Crippen LogP contribution in [0.5, 0.6) is 0 Å². The number of nitrogens with zero attached hydrogens (tertiary/aromatic N) is 1. The minimum absolute atomic E-state index is 0.00154. The van der Waals surface area contributed by atoms with Crippen molar-refractivity contribution in [2.45, 2.75) is 4.90 Å². The number of nitrogens with one attached hydrogen (secondary N) is 1. The van der Waals surface area contributed by atoms with Gasteiger partial charge < -0.3 is 10.1 Å². The highest BCUT2D eigenvalue weighted by molar-refractivity contribution is 7.89. The fraction of sp³-hybridized carbons (Fsp3) is 0.417. The van der Waals surface area contributed by atoms with Crippen molar-refractivity contribution in [3.8, 4) is 0 Å². The van der Waals surface area contributed by atoms with Crippen molar-refractivity contribution < 1.29 is 17.9 Å². The first kappa shape index (κ1) is 18.2. The number of likely N-dealkylation sites (N-methyl/N-ethyl adjacent to an activating group) is 1. The van der Waals surface area contributed by atoms with E-state index in [4.69, 9.17) is 16.3 Å². The molecule has 0 atom stereocenters. The van der Waals surface area contributed by atoms with Gasteiger partial charge in [-0.2, -0.15) is 16.9 Å². The van der Waals surface area contributed by atoms with Crippen LogP contribution in [0, 0.1) is 0 Å². The first-order valence-electron chi connectivity index (χ1n) is 5.98. The maximum Gasteiger partial charge on any atom is 0.244 e. The molecule has 0 radical (unpaired) electrons. The smallest absolute Gasteiger partial charge is 0.244 e. The van der Waals surface area contributed by atoms with Gasteiger partial charge in [0.2, 0.25) is 15.9 Å². The number of thiol groups is 1. The van der Waals surface area contributed by atoms with Gasteiger partial charge in [0, 0.05) is 26.4 Å². The molecule has 21 heavy (non-hydrogen) atoms. The van der Waals surface area contributed by atoms with Gasteiger partial charge in [-0.25, -0.2) is 8.42 Å². The van der Waals surface area contributed by atoms with Crippen molar-refractivity contribution in [1.82, 2.24) is 4.31 Å². The molecule has 0 aliphatic carbocycles. The third kappa shape index (κ3) is 4.86. The zero-order valence-electron chi connectivity index (χ0n) is 11.7. The quantitative estimate of drug-likeness (QED) is 0.729. The van der Waals surface area contributed by atoms with Crippen molar-refractivity contribution in [1.29, 1.82) is 0 Å². The van der Waals surface area contributed by atoms with E-state index < -0.39 is 10.0 Å². The topological polar surface area (TPSA) is 75.7 Å². The number of rotatable bonds is 7. The zero-order valence-corrected chi connectivity index (χ0v) is 14.1. The lowest BCUT2D eigenvalue weighted by molar-refractivity contribution is -0.113. The van der Waals surface area contributed by atoms with Crippen LogP contribution in [0.4, 0.5) is 5.69 Å². The molecular formula is C12H17ClN2O4S2. The van der Waals surface area contributed by atoms with E-state index in [0.717, 1.165) is 4.31 Å². The molecule has 0 aromatic heterocycles. The summed E-state index contributed by atoms with van der Waals surface area (Å²) in [7, 11) is -0.835. The van der Waals surface area contributed by atoms with Crippen LogP contribution >= 0.6 is 24.2 Å². The molecule has 0 aliphatic rings. The molecule has 0 saturated carbocycles. The average Bonchev–Trinajstić information content (AvgIpc) is 2.46. The molecule has 0 unspecified atom stereocenters. The third-order valence-corrected chi connectivity index (χ3v) is 5.28. The van der Waals surface area contributed by atoms with E-state index in [2.05, 4.69) is 17.9 Å². The number of carbonyl (C=O) groups excluding carboxylic acids is 1. The summed E-state index contributed by atoms with van der Waals surface area (Å²) >= 11 is 9.81. The lowest BCUT2D eigenvalue weighted by Gasteiger charge is -2.18. The minimum Gasteiger partial charge on any atom is -0.383 e. The van der Waals surface area contributed by atoms with Crippen LogP contribution in [0.2, 0.25) is 5.02 Å². The Morgan fingerprint density at radius 1 is 1.48 bits per heavy atom. The van der Waals surface area contributed by atoms with E-state index in [1.165, 1.54) is 32.4 Å². The van der Waals surface area contributed by atoms with Crippen molar-refractivity contribution in [2.24, 2.45) is 0 Å². The Morgan fingerprint density at radius 3 is 2.71 bits per heavy atom. The summed E-state index contributed by atoms with van der Waals surface area (Å²) in [6.45, 7) is 0.464. The Hall–Kier alpha value is -0.800. The standard InChI is InChI=1S/C12H17ClN2O4S2/c1-15(5-6-19-2)21(17,18)11-7-9(3-4-10(11)13)14-12(16)8-20/h3-4,7,20H,5-6,8H2,1-2H3,(H,14,16). The van der Waals surface area contributed by atoms with Gasteiger partial charge >= 0.3 is 0 Å². The second-order valence-corrected chi connectivity index (χ2v) is 6.91. The molecule has 1 amide bonds. The highest BCUT2D eigenvalue weighted by Crippen LogP contribution is 2.27. The zero-order chi connectivity index (χ0) is 16.0. The van der Waals surface area contributed by atoms with Gasteiger partial charge in [-0.3, -0.25) is 4.79 Å². The van der Waals surface area contributed by atoms with Crippen LogP contribution in [-0.2, 0) is 19.6 Å². The molecule has 6 nitrogen and oxygen atoms in total. The van der Waals surface area contributed by atoms with Crippen molar-refractivity contribution in [3.05, 3.63) is 23.2 Å². The Labute approximate surface area is 134 Å². The summed E-state index contributed by atoms with van der Waals surface area (Å²) in [6.07, 6.45) is 0. The SMILES string of the molecule is COCCN(C)S(=O)(=O)c1cc(NC(=O)CS)ccc1Cl. The monoisotopic (exact) mass is 352 g/mol. The number of anilines is 1. The number of methoxy groups -OCH3 is 1. The largest absolute Gasteiger partial charge is 0.383 e. The van der Waals surface area contributed by atoms with Crippen molar-refractivity contribution in [2.75, 3.05) is 38.4 Å². The first-order valence-corrected chi connectivity index (χ1v) is 8.43. The van der Waals surface area contributed by atoms with E-state index in [-0.39, 0.29) is 34.7 Å². The third-order valence-electron chi connectivity index (χ3n) is 2.66. The van der Waals surface area contributed by atoms with Gasteiger partial charge in [0.1, 0.15) is 4.90 Å². The van der Waals surface area contributed by atoms with Gasteiger partial charge in [0.25, 0.3) is 0 Å². The fourth-order valence-corrected chi connectivity index (χ4v) is 3.22. The number of hydrogen-bond acceptors (Lipinski definition) is 5. The molecule has 0 aliphatic heterocycles. The highest BCUT2D eigenvalue weighted by atomic mass is 35.5. The Balaban J connectivity index is 3.10. The summed E-state index contributed by atoms with van der Waals surface area (Å²) in [5.41, 5.74) is 0.345. The highest BCUT2D eigenvalue weighted by Gasteiger charge is 2.24. The molecule has 9 heteroatoms. The summed E-state index contributed by atoms with van der Waals surface area (Å²) in [5, 5.41) is 2.62. The van der Waals surface area contributed by atoms with E-state index in [0.29, 0.717) is 5.69 Å². The molecule has 0 spiro atoms. The molecule has 1 aromatic carbocycles. The van der Waals surface area contributed by atoms with E-state index >= 15 is 0 Å². The predicted molar refractivity (Wildman–Crippen MR) is 85.6 cm³/mol.